The molecule has 2 aromatic carbocycles. The Labute approximate surface area is 228 Å². The molecule has 0 aliphatic carbocycles. The number of rotatable bonds is 12. The molecule has 0 fully saturated rings. The number of nitrogens with one attached hydrogen (secondary N) is 3. The summed E-state index contributed by atoms with van der Waals surface area (Å²) in [5.74, 6) is 0.227. The monoisotopic (exact) mass is 518 g/mol. The van der Waals surface area contributed by atoms with Gasteiger partial charge in [0, 0.05) is 36.6 Å². The van der Waals surface area contributed by atoms with Gasteiger partial charge in [-0.1, -0.05) is 71.1 Å². The highest BCUT2D eigenvalue weighted by Gasteiger charge is 2.32. The number of nitrogens with zero attached hydrogens (tertiary/aromatic N) is 1. The molecule has 0 saturated heterocycles. The molecule has 4 rings (SSSR count). The minimum absolute atomic E-state index is 0.0112. The maximum atomic E-state index is 13.6. The predicted molar refractivity (Wildman–Crippen MR) is 159 cm³/mol. The zero-order chi connectivity index (χ0) is 27.1. The average Bonchev–Trinajstić information content (AvgIpc) is 3.33. The van der Waals surface area contributed by atoms with E-state index in [4.69, 9.17) is 0 Å². The number of anilines is 2. The second-order valence-electron chi connectivity index (χ2n) is 11.3. The number of aromatic nitrogens is 1. The Balaban J connectivity index is 1.61. The zero-order valence-corrected chi connectivity index (χ0v) is 23.6. The molecule has 0 saturated carbocycles. The fourth-order valence-electron chi connectivity index (χ4n) is 5.94. The van der Waals surface area contributed by atoms with Crippen molar-refractivity contribution in [3.63, 3.8) is 0 Å². The van der Waals surface area contributed by atoms with Crippen LogP contribution in [0.2, 0.25) is 0 Å². The minimum atomic E-state index is -0.260. The molecular weight excluding hydrogens is 472 g/mol. The maximum absolute atomic E-state index is 13.6. The summed E-state index contributed by atoms with van der Waals surface area (Å²) in [6, 6.07) is 12.0. The number of unbranched alkanes of at least 4 members (excludes halogenated alkanes) is 5. The van der Waals surface area contributed by atoms with Crippen LogP contribution in [0.5, 0.6) is 0 Å². The van der Waals surface area contributed by atoms with Crippen molar-refractivity contribution in [3.05, 3.63) is 59.3 Å². The molecule has 1 aliphatic rings. The van der Waals surface area contributed by atoms with Gasteiger partial charge in [0.25, 0.3) is 0 Å². The fourth-order valence-corrected chi connectivity index (χ4v) is 5.94. The van der Waals surface area contributed by atoms with Gasteiger partial charge in [0.1, 0.15) is 6.04 Å². The molecule has 2 heterocycles. The van der Waals surface area contributed by atoms with Crippen molar-refractivity contribution in [2.24, 2.45) is 5.92 Å². The van der Waals surface area contributed by atoms with Crippen molar-refractivity contribution in [2.45, 2.75) is 90.8 Å². The van der Waals surface area contributed by atoms with Gasteiger partial charge in [-0.25, -0.2) is 0 Å². The van der Waals surface area contributed by atoms with Gasteiger partial charge in [0.05, 0.1) is 18.2 Å². The van der Waals surface area contributed by atoms with Crippen molar-refractivity contribution in [3.8, 4) is 0 Å². The highest BCUT2D eigenvalue weighted by atomic mass is 16.3. The number of aliphatic hydroxyl groups excluding tert-OH is 1. The van der Waals surface area contributed by atoms with Crippen LogP contribution in [0, 0.1) is 5.92 Å². The van der Waals surface area contributed by atoms with Gasteiger partial charge in [-0.05, 0) is 60.1 Å². The Hall–Kier alpha value is -2.99. The van der Waals surface area contributed by atoms with Gasteiger partial charge in [0.2, 0.25) is 5.91 Å². The Morgan fingerprint density at radius 3 is 2.66 bits per heavy atom. The van der Waals surface area contributed by atoms with Gasteiger partial charge in [0.15, 0.2) is 0 Å². The van der Waals surface area contributed by atoms with E-state index in [2.05, 4.69) is 66.7 Å². The lowest BCUT2D eigenvalue weighted by Gasteiger charge is -2.33. The van der Waals surface area contributed by atoms with E-state index in [0.29, 0.717) is 6.54 Å². The largest absolute Gasteiger partial charge is 0.392 e. The number of hydrogen-bond acceptors (Lipinski definition) is 4. The van der Waals surface area contributed by atoms with E-state index in [-0.39, 0.29) is 30.5 Å². The lowest BCUT2D eigenvalue weighted by Crippen LogP contribution is -2.52. The summed E-state index contributed by atoms with van der Waals surface area (Å²) in [7, 11) is 2.06. The van der Waals surface area contributed by atoms with Crippen LogP contribution in [0.15, 0.2) is 42.6 Å². The molecule has 0 radical (unpaired) electrons. The van der Waals surface area contributed by atoms with Crippen LogP contribution in [-0.4, -0.2) is 41.7 Å². The number of likely N-dealkylation sites (N-methyl/N-ethyl adjacent to an activating group) is 1. The maximum Gasteiger partial charge on any atom is 0.243 e. The molecule has 206 valence electrons. The number of benzene rings is 2. The summed E-state index contributed by atoms with van der Waals surface area (Å²) in [4.78, 5) is 19.4. The molecule has 4 N–H and O–H groups in total. The molecule has 6 nitrogen and oxygen atoms in total. The van der Waals surface area contributed by atoms with Crippen LogP contribution >= 0.6 is 0 Å². The van der Waals surface area contributed by atoms with Crippen molar-refractivity contribution >= 4 is 28.2 Å². The minimum Gasteiger partial charge on any atom is -0.392 e. The summed E-state index contributed by atoms with van der Waals surface area (Å²) in [5.41, 5.74) is 6.78. The summed E-state index contributed by atoms with van der Waals surface area (Å²) < 4.78 is 0. The highest BCUT2D eigenvalue weighted by Crippen LogP contribution is 2.36. The van der Waals surface area contributed by atoms with Crippen molar-refractivity contribution < 1.29 is 9.90 Å². The van der Waals surface area contributed by atoms with Gasteiger partial charge < -0.3 is 25.6 Å². The zero-order valence-electron chi connectivity index (χ0n) is 23.6. The molecule has 6 heteroatoms. The molecule has 0 spiro atoms. The van der Waals surface area contributed by atoms with Gasteiger partial charge >= 0.3 is 0 Å². The second kappa shape index (κ2) is 13.2. The number of carbonyl (C=O) groups excluding carboxylic acids is 1. The first-order valence-electron chi connectivity index (χ1n) is 14.5. The molecule has 38 heavy (non-hydrogen) atoms. The SMILES string of the molecule is CCCCCCCCc1ccc2c3c(c[nH]c13)C[C@@H](CNc1cccc(CO)c1)NC(=O)[C@H](C(C)C)N2C. The predicted octanol–water partition coefficient (Wildman–Crippen LogP) is 6.18. The van der Waals surface area contributed by atoms with Crippen LogP contribution in [0.1, 0.15) is 76.0 Å². The van der Waals surface area contributed by atoms with Gasteiger partial charge in [-0.15, -0.1) is 0 Å². The molecule has 1 aliphatic heterocycles. The lowest BCUT2D eigenvalue weighted by molar-refractivity contribution is -0.123. The van der Waals surface area contributed by atoms with Gasteiger partial charge in [-0.2, -0.15) is 0 Å². The highest BCUT2D eigenvalue weighted by molar-refractivity contribution is 5.99. The lowest BCUT2D eigenvalue weighted by atomic mass is 9.97. The summed E-state index contributed by atoms with van der Waals surface area (Å²) >= 11 is 0. The number of carbonyl (C=O) groups is 1. The topological polar surface area (TPSA) is 80.4 Å². The first kappa shape index (κ1) is 28.0. The Bertz CT molecular complexity index is 1200. The Kier molecular flexibility index (Phi) is 9.73. The van der Waals surface area contributed by atoms with Crippen LogP contribution in [0.4, 0.5) is 11.4 Å². The quantitative estimate of drug-likeness (QED) is 0.216. The number of H-pyrrole nitrogens is 1. The second-order valence-corrected chi connectivity index (χ2v) is 11.3. The van der Waals surface area contributed by atoms with Gasteiger partial charge in [-0.3, -0.25) is 4.79 Å². The molecule has 3 aromatic rings. The Morgan fingerprint density at radius 1 is 1.11 bits per heavy atom. The number of hydrogen-bond donors (Lipinski definition) is 4. The third-order valence-corrected chi connectivity index (χ3v) is 7.95. The number of amides is 1. The van der Waals surface area contributed by atoms with Crippen LogP contribution in [-0.2, 0) is 24.2 Å². The first-order chi connectivity index (χ1) is 18.4. The number of aryl methyl sites for hydroxylation is 1. The fraction of sp³-hybridized carbons (Fsp3) is 0.531. The van der Waals surface area contributed by atoms with Crippen LogP contribution < -0.4 is 15.5 Å². The van der Waals surface area contributed by atoms with E-state index < -0.39 is 0 Å². The summed E-state index contributed by atoms with van der Waals surface area (Å²) in [6.07, 6.45) is 11.7. The molecular formula is C32H46N4O2. The number of aliphatic hydroxyl groups is 1. The molecule has 1 amide bonds. The number of aromatic amines is 1. The van der Waals surface area contributed by atoms with Crippen molar-refractivity contribution in [2.75, 3.05) is 23.8 Å². The molecule has 1 aromatic heterocycles. The molecule has 2 atom stereocenters. The summed E-state index contributed by atoms with van der Waals surface area (Å²) in [6.45, 7) is 7.12. The van der Waals surface area contributed by atoms with Crippen molar-refractivity contribution in [1.29, 1.82) is 0 Å². The summed E-state index contributed by atoms with van der Waals surface area (Å²) in [5, 5.41) is 17.6. The third kappa shape index (κ3) is 6.52. The third-order valence-electron chi connectivity index (χ3n) is 7.95. The first-order valence-corrected chi connectivity index (χ1v) is 14.5. The van der Waals surface area contributed by atoms with E-state index in [1.54, 1.807) is 0 Å². The average molecular weight is 519 g/mol. The van der Waals surface area contributed by atoms with E-state index in [0.717, 1.165) is 29.8 Å². The van der Waals surface area contributed by atoms with Crippen molar-refractivity contribution in [1.82, 2.24) is 10.3 Å². The Morgan fingerprint density at radius 2 is 1.89 bits per heavy atom. The van der Waals surface area contributed by atoms with E-state index in [1.807, 2.05) is 24.3 Å². The van der Waals surface area contributed by atoms with E-state index in [9.17, 15) is 9.90 Å². The van der Waals surface area contributed by atoms with Crippen LogP contribution in [0.3, 0.4) is 0 Å². The standard InChI is InChI=1S/C32H46N4O2/c1-5-6-7-8-9-10-13-24-15-16-28-29-25(19-34-30(24)29)18-27(35-32(38)31(22(2)3)36(28)4)20-33-26-14-11-12-23(17-26)21-37/h11-12,14-17,19,22,27,31,33-34,37H,5-10,13,18,20-21H2,1-4H3,(H,35,38)/t27-,31-/m0/s1. The van der Waals surface area contributed by atoms with Crippen LogP contribution in [0.25, 0.3) is 10.9 Å². The van der Waals surface area contributed by atoms with E-state index in [1.165, 1.54) is 60.6 Å². The smallest absolute Gasteiger partial charge is 0.243 e. The molecule has 0 bridgehead atoms. The molecule has 0 unspecified atom stereocenters. The normalized spacial score (nSPS) is 17.8. The van der Waals surface area contributed by atoms with E-state index >= 15 is 0 Å².